The molecule has 1 aromatic rings. The van der Waals surface area contributed by atoms with E-state index in [4.69, 9.17) is 5.11 Å². The van der Waals surface area contributed by atoms with Crippen LogP contribution in [-0.2, 0) is 11.2 Å². The van der Waals surface area contributed by atoms with Crippen molar-refractivity contribution in [2.24, 2.45) is 0 Å². The molecular weight excluding hydrogens is 206 g/mol. The van der Waals surface area contributed by atoms with E-state index in [0.29, 0.717) is 12.0 Å². The van der Waals surface area contributed by atoms with Crippen LogP contribution in [-0.4, -0.2) is 28.8 Å². The van der Waals surface area contributed by atoms with Crippen LogP contribution in [0.1, 0.15) is 18.9 Å². The first kappa shape index (κ1) is 12.5. The number of amides is 1. The quantitative estimate of drug-likeness (QED) is 0.692. The zero-order chi connectivity index (χ0) is 12.0. The fraction of sp³-hybridized carbons (Fsp3) is 0.417. The Morgan fingerprint density at radius 1 is 1.44 bits per heavy atom. The summed E-state index contributed by atoms with van der Waals surface area (Å²) in [5, 5.41) is 21.1. The average molecular weight is 223 g/mol. The summed E-state index contributed by atoms with van der Waals surface area (Å²) in [5.74, 6) is -0.0721. The van der Waals surface area contributed by atoms with Gasteiger partial charge in [0.1, 0.15) is 5.75 Å². The van der Waals surface area contributed by atoms with Gasteiger partial charge in [0.2, 0.25) is 5.91 Å². The second-order valence-electron chi connectivity index (χ2n) is 3.66. The molecule has 3 N–H and O–H groups in total. The van der Waals surface area contributed by atoms with Crippen LogP contribution in [0.25, 0.3) is 0 Å². The van der Waals surface area contributed by atoms with E-state index >= 15 is 0 Å². The van der Waals surface area contributed by atoms with Crippen LogP contribution in [0.15, 0.2) is 24.3 Å². The van der Waals surface area contributed by atoms with Crippen molar-refractivity contribution in [3.63, 3.8) is 0 Å². The standard InChI is InChI=1S/C12H17NO3/c1-2-10(8-14)13-12(16)7-9-5-3-4-6-11(9)15/h3-6,10,14-15H,2,7-8H2,1H3,(H,13,16)/t10-/m1/s1. The van der Waals surface area contributed by atoms with Crippen LogP contribution < -0.4 is 5.32 Å². The van der Waals surface area contributed by atoms with E-state index < -0.39 is 0 Å². The fourth-order valence-electron chi connectivity index (χ4n) is 1.39. The number of phenols is 1. The summed E-state index contributed by atoms with van der Waals surface area (Å²) in [5.41, 5.74) is 0.591. The molecule has 0 aliphatic heterocycles. The Balaban J connectivity index is 2.55. The zero-order valence-electron chi connectivity index (χ0n) is 9.31. The molecule has 0 aromatic heterocycles. The number of carbonyl (C=O) groups excluding carboxylic acids is 1. The van der Waals surface area contributed by atoms with Crippen molar-refractivity contribution in [3.8, 4) is 5.75 Å². The van der Waals surface area contributed by atoms with Gasteiger partial charge in [0, 0.05) is 5.56 Å². The summed E-state index contributed by atoms with van der Waals surface area (Å²) in [4.78, 5) is 11.6. The number of hydrogen-bond donors (Lipinski definition) is 3. The summed E-state index contributed by atoms with van der Waals surface area (Å²) >= 11 is 0. The Bertz CT molecular complexity index is 348. The SMILES string of the molecule is CC[C@H](CO)NC(=O)Cc1ccccc1O. The molecule has 16 heavy (non-hydrogen) atoms. The highest BCUT2D eigenvalue weighted by Gasteiger charge is 2.11. The number of hydrogen-bond acceptors (Lipinski definition) is 3. The molecule has 1 rings (SSSR count). The van der Waals surface area contributed by atoms with E-state index in [1.54, 1.807) is 24.3 Å². The normalized spacial score (nSPS) is 12.1. The summed E-state index contributed by atoms with van der Waals surface area (Å²) in [6.45, 7) is 1.82. The first-order chi connectivity index (χ1) is 7.67. The van der Waals surface area contributed by atoms with Gasteiger partial charge in [0.05, 0.1) is 19.1 Å². The van der Waals surface area contributed by atoms with Crippen molar-refractivity contribution in [1.82, 2.24) is 5.32 Å². The highest BCUT2D eigenvalue weighted by Crippen LogP contribution is 2.15. The van der Waals surface area contributed by atoms with Gasteiger partial charge in [0.15, 0.2) is 0 Å². The van der Waals surface area contributed by atoms with Crippen LogP contribution in [0.5, 0.6) is 5.75 Å². The molecule has 0 saturated heterocycles. The van der Waals surface area contributed by atoms with Gasteiger partial charge >= 0.3 is 0 Å². The molecule has 0 aliphatic rings. The van der Waals surface area contributed by atoms with Gasteiger partial charge in [-0.25, -0.2) is 0 Å². The molecule has 4 heteroatoms. The van der Waals surface area contributed by atoms with E-state index in [0.717, 1.165) is 0 Å². The summed E-state index contributed by atoms with van der Waals surface area (Å²) in [7, 11) is 0. The maximum Gasteiger partial charge on any atom is 0.224 e. The van der Waals surface area contributed by atoms with E-state index in [9.17, 15) is 9.90 Å². The molecule has 0 bridgehead atoms. The third-order valence-corrected chi connectivity index (χ3v) is 2.42. The van der Waals surface area contributed by atoms with Gasteiger partial charge in [-0.05, 0) is 12.5 Å². The van der Waals surface area contributed by atoms with Crippen molar-refractivity contribution in [2.45, 2.75) is 25.8 Å². The molecule has 88 valence electrons. The number of benzene rings is 1. The Morgan fingerprint density at radius 3 is 2.69 bits per heavy atom. The van der Waals surface area contributed by atoms with Crippen LogP contribution in [0, 0.1) is 0 Å². The smallest absolute Gasteiger partial charge is 0.224 e. The second-order valence-corrected chi connectivity index (χ2v) is 3.66. The topological polar surface area (TPSA) is 69.6 Å². The van der Waals surface area contributed by atoms with Gasteiger partial charge in [0.25, 0.3) is 0 Å². The molecule has 0 spiro atoms. The average Bonchev–Trinajstić information content (AvgIpc) is 2.29. The number of nitrogens with one attached hydrogen (secondary N) is 1. The molecule has 1 atom stereocenters. The highest BCUT2D eigenvalue weighted by molar-refractivity contribution is 5.79. The monoisotopic (exact) mass is 223 g/mol. The molecule has 0 unspecified atom stereocenters. The van der Waals surface area contributed by atoms with Crippen molar-refractivity contribution >= 4 is 5.91 Å². The first-order valence-electron chi connectivity index (χ1n) is 5.34. The number of aliphatic hydroxyl groups is 1. The second kappa shape index (κ2) is 6.12. The Kier molecular flexibility index (Phi) is 4.79. The molecular formula is C12H17NO3. The molecule has 1 aromatic carbocycles. The maximum absolute atomic E-state index is 11.6. The van der Waals surface area contributed by atoms with E-state index in [1.807, 2.05) is 6.92 Å². The van der Waals surface area contributed by atoms with Gasteiger partial charge in [-0.15, -0.1) is 0 Å². The van der Waals surface area contributed by atoms with Crippen LogP contribution >= 0.6 is 0 Å². The lowest BCUT2D eigenvalue weighted by atomic mass is 10.1. The lowest BCUT2D eigenvalue weighted by molar-refractivity contribution is -0.121. The van der Waals surface area contributed by atoms with Crippen LogP contribution in [0.4, 0.5) is 0 Å². The fourth-order valence-corrected chi connectivity index (χ4v) is 1.39. The Hall–Kier alpha value is -1.55. The van der Waals surface area contributed by atoms with Gasteiger partial charge in [-0.3, -0.25) is 4.79 Å². The molecule has 4 nitrogen and oxygen atoms in total. The van der Waals surface area contributed by atoms with E-state index in [2.05, 4.69) is 5.32 Å². The van der Waals surface area contributed by atoms with E-state index in [1.165, 1.54) is 0 Å². The molecule has 0 saturated carbocycles. The number of aliphatic hydroxyl groups excluding tert-OH is 1. The first-order valence-corrected chi connectivity index (χ1v) is 5.34. The van der Waals surface area contributed by atoms with E-state index in [-0.39, 0.29) is 30.7 Å². The minimum Gasteiger partial charge on any atom is -0.508 e. The largest absolute Gasteiger partial charge is 0.508 e. The number of rotatable bonds is 5. The maximum atomic E-state index is 11.6. The summed E-state index contributed by atoms with van der Waals surface area (Å²) < 4.78 is 0. The van der Waals surface area contributed by atoms with Crippen molar-refractivity contribution in [3.05, 3.63) is 29.8 Å². The Morgan fingerprint density at radius 2 is 2.12 bits per heavy atom. The van der Waals surface area contributed by atoms with Crippen LogP contribution in [0.3, 0.4) is 0 Å². The predicted octanol–water partition coefficient (Wildman–Crippen LogP) is 0.822. The van der Waals surface area contributed by atoms with Crippen molar-refractivity contribution in [2.75, 3.05) is 6.61 Å². The molecule has 0 aliphatic carbocycles. The molecule has 0 heterocycles. The number of carbonyl (C=O) groups is 1. The molecule has 1 amide bonds. The van der Waals surface area contributed by atoms with Crippen molar-refractivity contribution < 1.29 is 15.0 Å². The summed E-state index contributed by atoms with van der Waals surface area (Å²) in [6.07, 6.45) is 0.812. The van der Waals surface area contributed by atoms with Gasteiger partial charge in [-0.1, -0.05) is 25.1 Å². The van der Waals surface area contributed by atoms with Gasteiger partial charge in [-0.2, -0.15) is 0 Å². The van der Waals surface area contributed by atoms with Crippen molar-refractivity contribution in [1.29, 1.82) is 0 Å². The Labute approximate surface area is 94.9 Å². The molecule has 0 radical (unpaired) electrons. The molecule has 0 fully saturated rings. The third-order valence-electron chi connectivity index (χ3n) is 2.42. The number of aromatic hydroxyl groups is 1. The minimum atomic E-state index is -0.210. The highest BCUT2D eigenvalue weighted by atomic mass is 16.3. The third kappa shape index (κ3) is 3.55. The number of para-hydroxylation sites is 1. The predicted molar refractivity (Wildman–Crippen MR) is 61.1 cm³/mol. The minimum absolute atomic E-state index is 0.0665. The number of phenolic OH excluding ortho intramolecular Hbond substituents is 1. The lowest BCUT2D eigenvalue weighted by Crippen LogP contribution is -2.37. The zero-order valence-corrected chi connectivity index (χ0v) is 9.31. The summed E-state index contributed by atoms with van der Waals surface area (Å²) in [6, 6.07) is 6.52. The van der Waals surface area contributed by atoms with Crippen LogP contribution in [0.2, 0.25) is 0 Å². The van der Waals surface area contributed by atoms with Gasteiger partial charge < -0.3 is 15.5 Å². The lowest BCUT2D eigenvalue weighted by Gasteiger charge is -2.14.